The van der Waals surface area contributed by atoms with E-state index < -0.39 is 0 Å². The summed E-state index contributed by atoms with van der Waals surface area (Å²) in [6.07, 6.45) is 3.34. The molecule has 1 aromatic rings. The van der Waals surface area contributed by atoms with Gasteiger partial charge in [-0.2, -0.15) is 0 Å². The monoisotopic (exact) mass is 255 g/mol. The lowest BCUT2D eigenvalue weighted by Gasteiger charge is -2.22. The third-order valence-corrected chi connectivity index (χ3v) is 4.36. The predicted octanol–water partition coefficient (Wildman–Crippen LogP) is 1.26. The lowest BCUT2D eigenvalue weighted by Crippen LogP contribution is -2.27. The van der Waals surface area contributed by atoms with Crippen LogP contribution in [0.3, 0.4) is 0 Å². The molecule has 0 saturated carbocycles. The number of nitrogens with two attached hydrogens (primary N) is 1. The molecule has 17 heavy (non-hydrogen) atoms. The first-order chi connectivity index (χ1) is 8.35. The van der Waals surface area contributed by atoms with E-state index in [0.717, 1.165) is 31.1 Å². The van der Waals surface area contributed by atoms with Crippen molar-refractivity contribution in [3.8, 4) is 0 Å². The van der Waals surface area contributed by atoms with Crippen LogP contribution in [0.25, 0.3) is 0 Å². The number of hydrogen-bond donors (Lipinski definition) is 2. The molecule has 0 bridgehead atoms. The van der Waals surface area contributed by atoms with Crippen LogP contribution in [0.5, 0.6) is 0 Å². The average molecular weight is 255 g/mol. The summed E-state index contributed by atoms with van der Waals surface area (Å²) in [6.45, 7) is 3.52. The van der Waals surface area contributed by atoms with E-state index in [0.29, 0.717) is 12.5 Å². The van der Waals surface area contributed by atoms with E-state index in [4.69, 9.17) is 15.5 Å². The summed E-state index contributed by atoms with van der Waals surface area (Å²) < 4.78 is 5.17. The molecule has 2 rings (SSSR count). The van der Waals surface area contributed by atoms with Crippen LogP contribution in [0.15, 0.2) is 0 Å². The van der Waals surface area contributed by atoms with E-state index in [9.17, 15) is 0 Å². The van der Waals surface area contributed by atoms with Crippen LogP contribution < -0.4 is 11.1 Å². The Kier molecular flexibility index (Phi) is 4.91. The Morgan fingerprint density at radius 2 is 2.24 bits per heavy atom. The molecule has 0 unspecified atom stereocenters. The van der Waals surface area contributed by atoms with E-state index in [2.05, 4.69) is 5.32 Å². The molecule has 0 aliphatic carbocycles. The number of methoxy groups -OCH3 is 1. The number of ether oxygens (including phenoxy) is 1. The van der Waals surface area contributed by atoms with Gasteiger partial charge in [-0.3, -0.25) is 0 Å². The standard InChI is InChI=1S/C12H21N3OS/c1-16-7-4-10-12(15-11(8-13)17-10)9-2-5-14-6-3-9/h9,14H,2-8,13H2,1H3. The zero-order valence-corrected chi connectivity index (χ0v) is 11.2. The average Bonchev–Trinajstić information content (AvgIpc) is 2.80. The number of rotatable bonds is 5. The predicted molar refractivity (Wildman–Crippen MR) is 70.4 cm³/mol. The molecule has 0 spiro atoms. The van der Waals surface area contributed by atoms with Gasteiger partial charge in [-0.05, 0) is 25.9 Å². The fourth-order valence-corrected chi connectivity index (χ4v) is 3.30. The normalized spacial score (nSPS) is 17.5. The molecule has 5 heteroatoms. The van der Waals surface area contributed by atoms with Gasteiger partial charge < -0.3 is 15.8 Å². The van der Waals surface area contributed by atoms with Crippen molar-refractivity contribution >= 4 is 11.3 Å². The van der Waals surface area contributed by atoms with Crippen molar-refractivity contribution in [2.75, 3.05) is 26.8 Å². The number of hydrogen-bond acceptors (Lipinski definition) is 5. The maximum absolute atomic E-state index is 5.69. The summed E-state index contributed by atoms with van der Waals surface area (Å²) in [6, 6.07) is 0. The summed E-state index contributed by atoms with van der Waals surface area (Å²) in [4.78, 5) is 6.09. The molecule has 2 heterocycles. The number of piperidine rings is 1. The van der Waals surface area contributed by atoms with Crippen LogP contribution in [0, 0.1) is 0 Å². The number of nitrogens with zero attached hydrogens (tertiary/aromatic N) is 1. The zero-order chi connectivity index (χ0) is 12.1. The van der Waals surface area contributed by atoms with E-state index in [-0.39, 0.29) is 0 Å². The van der Waals surface area contributed by atoms with Crippen molar-refractivity contribution in [1.29, 1.82) is 0 Å². The van der Waals surface area contributed by atoms with Crippen LogP contribution in [-0.4, -0.2) is 31.8 Å². The Morgan fingerprint density at radius 1 is 1.47 bits per heavy atom. The lowest BCUT2D eigenvalue weighted by molar-refractivity contribution is 0.202. The molecule has 0 amide bonds. The summed E-state index contributed by atoms with van der Waals surface area (Å²) in [5, 5.41) is 4.45. The fourth-order valence-electron chi connectivity index (χ4n) is 2.29. The van der Waals surface area contributed by atoms with Crippen molar-refractivity contribution < 1.29 is 4.74 Å². The molecule has 4 nitrogen and oxygen atoms in total. The maximum Gasteiger partial charge on any atom is 0.107 e. The molecule has 1 aliphatic heterocycles. The minimum absolute atomic E-state index is 0.551. The van der Waals surface area contributed by atoms with Crippen molar-refractivity contribution in [1.82, 2.24) is 10.3 Å². The Morgan fingerprint density at radius 3 is 2.88 bits per heavy atom. The minimum atomic E-state index is 0.551. The highest BCUT2D eigenvalue weighted by atomic mass is 32.1. The Labute approximate surface area is 107 Å². The van der Waals surface area contributed by atoms with E-state index in [1.54, 1.807) is 18.4 Å². The lowest BCUT2D eigenvalue weighted by atomic mass is 9.93. The molecular formula is C12H21N3OS. The second-order valence-corrected chi connectivity index (χ2v) is 5.56. The summed E-state index contributed by atoms with van der Waals surface area (Å²) >= 11 is 1.76. The molecule has 3 N–H and O–H groups in total. The Balaban J connectivity index is 2.14. The third-order valence-electron chi connectivity index (χ3n) is 3.21. The third kappa shape index (κ3) is 3.25. The molecule has 1 aliphatic rings. The first-order valence-electron chi connectivity index (χ1n) is 6.23. The number of aromatic nitrogens is 1. The maximum atomic E-state index is 5.69. The van der Waals surface area contributed by atoms with Gasteiger partial charge in [0.25, 0.3) is 0 Å². The molecule has 1 saturated heterocycles. The van der Waals surface area contributed by atoms with Crippen LogP contribution in [0.4, 0.5) is 0 Å². The molecule has 0 radical (unpaired) electrons. The SMILES string of the molecule is COCCc1sc(CN)nc1C1CCNCC1. The largest absolute Gasteiger partial charge is 0.384 e. The smallest absolute Gasteiger partial charge is 0.107 e. The molecule has 0 atom stereocenters. The van der Waals surface area contributed by atoms with Crippen LogP contribution in [0.1, 0.15) is 34.3 Å². The molecule has 0 aromatic carbocycles. The van der Waals surface area contributed by atoms with Gasteiger partial charge in [-0.15, -0.1) is 11.3 Å². The van der Waals surface area contributed by atoms with Gasteiger partial charge in [0.1, 0.15) is 5.01 Å². The minimum Gasteiger partial charge on any atom is -0.384 e. The highest BCUT2D eigenvalue weighted by molar-refractivity contribution is 7.11. The van der Waals surface area contributed by atoms with Crippen molar-refractivity contribution in [2.24, 2.45) is 5.73 Å². The second kappa shape index (κ2) is 6.44. The quantitative estimate of drug-likeness (QED) is 0.831. The van der Waals surface area contributed by atoms with Crippen molar-refractivity contribution in [2.45, 2.75) is 31.7 Å². The molecular weight excluding hydrogens is 234 g/mol. The van der Waals surface area contributed by atoms with Gasteiger partial charge in [0.05, 0.1) is 12.3 Å². The Hall–Kier alpha value is -0.490. The van der Waals surface area contributed by atoms with Crippen LogP contribution in [0.2, 0.25) is 0 Å². The van der Waals surface area contributed by atoms with Crippen molar-refractivity contribution in [3.63, 3.8) is 0 Å². The summed E-state index contributed by atoms with van der Waals surface area (Å²) in [7, 11) is 1.75. The molecule has 1 fully saturated rings. The topological polar surface area (TPSA) is 60.2 Å². The highest BCUT2D eigenvalue weighted by Crippen LogP contribution is 2.31. The summed E-state index contributed by atoms with van der Waals surface area (Å²) in [5.74, 6) is 0.611. The number of thiazole rings is 1. The van der Waals surface area contributed by atoms with Gasteiger partial charge in [0, 0.05) is 30.9 Å². The first-order valence-corrected chi connectivity index (χ1v) is 7.05. The first kappa shape index (κ1) is 13.0. The van der Waals surface area contributed by atoms with Crippen LogP contribution in [-0.2, 0) is 17.7 Å². The van der Waals surface area contributed by atoms with Crippen molar-refractivity contribution in [3.05, 3.63) is 15.6 Å². The fraction of sp³-hybridized carbons (Fsp3) is 0.750. The zero-order valence-electron chi connectivity index (χ0n) is 10.4. The Bertz CT molecular complexity index is 348. The second-order valence-electron chi connectivity index (χ2n) is 4.39. The molecule has 1 aromatic heterocycles. The molecule has 96 valence electrons. The summed E-state index contributed by atoms with van der Waals surface area (Å²) in [5.41, 5.74) is 6.98. The van der Waals surface area contributed by atoms with Gasteiger partial charge in [0.2, 0.25) is 0 Å². The van der Waals surface area contributed by atoms with Gasteiger partial charge in [0.15, 0.2) is 0 Å². The number of nitrogens with one attached hydrogen (secondary N) is 1. The van der Waals surface area contributed by atoms with Gasteiger partial charge in [-0.25, -0.2) is 4.98 Å². The van der Waals surface area contributed by atoms with E-state index in [1.165, 1.54) is 23.4 Å². The highest BCUT2D eigenvalue weighted by Gasteiger charge is 2.21. The van der Waals surface area contributed by atoms with Gasteiger partial charge >= 0.3 is 0 Å². The van der Waals surface area contributed by atoms with E-state index >= 15 is 0 Å². The van der Waals surface area contributed by atoms with E-state index in [1.807, 2.05) is 0 Å². The van der Waals surface area contributed by atoms with Crippen LogP contribution >= 0.6 is 11.3 Å². The van der Waals surface area contributed by atoms with Gasteiger partial charge in [-0.1, -0.05) is 0 Å².